The van der Waals surface area contributed by atoms with Crippen LogP contribution in [0.2, 0.25) is 0 Å². The van der Waals surface area contributed by atoms with Crippen LogP contribution < -0.4 is 0 Å². The van der Waals surface area contributed by atoms with Crippen molar-refractivity contribution in [3.63, 3.8) is 0 Å². The van der Waals surface area contributed by atoms with Gasteiger partial charge in [-0.3, -0.25) is 4.90 Å². The van der Waals surface area contributed by atoms with Crippen LogP contribution in [0.25, 0.3) is 0 Å². The SMILES string of the molecule is C=CC1(CC#N)C[C@H]2COC[C@@H](C1)N2C(=O)OC(C)(C)C. The van der Waals surface area contributed by atoms with Gasteiger partial charge in [0.15, 0.2) is 0 Å². The Morgan fingerprint density at radius 1 is 1.48 bits per heavy atom. The molecule has 2 bridgehead atoms. The van der Waals surface area contributed by atoms with Crippen LogP contribution in [0.3, 0.4) is 0 Å². The maximum absolute atomic E-state index is 12.4. The molecule has 21 heavy (non-hydrogen) atoms. The summed E-state index contributed by atoms with van der Waals surface area (Å²) in [5, 5.41) is 9.07. The second-order valence-corrected chi connectivity index (χ2v) is 7.04. The third kappa shape index (κ3) is 3.38. The molecule has 2 rings (SSSR count). The summed E-state index contributed by atoms with van der Waals surface area (Å²) in [7, 11) is 0. The van der Waals surface area contributed by atoms with Crippen molar-refractivity contribution in [3.05, 3.63) is 12.7 Å². The lowest BCUT2D eigenvalue weighted by Gasteiger charge is -2.51. The zero-order valence-corrected chi connectivity index (χ0v) is 13.1. The Morgan fingerprint density at radius 2 is 2.05 bits per heavy atom. The van der Waals surface area contributed by atoms with Gasteiger partial charge in [0.1, 0.15) is 5.60 Å². The Morgan fingerprint density at radius 3 is 2.48 bits per heavy atom. The number of rotatable bonds is 2. The van der Waals surface area contributed by atoms with E-state index in [9.17, 15) is 4.79 Å². The summed E-state index contributed by atoms with van der Waals surface area (Å²) < 4.78 is 11.1. The molecule has 116 valence electrons. The van der Waals surface area contributed by atoms with Crippen molar-refractivity contribution in [1.29, 1.82) is 5.26 Å². The second kappa shape index (κ2) is 5.69. The first-order chi connectivity index (χ1) is 9.80. The van der Waals surface area contributed by atoms with Gasteiger partial charge in [0.05, 0.1) is 31.4 Å². The van der Waals surface area contributed by atoms with Gasteiger partial charge in [-0.15, -0.1) is 6.58 Å². The highest BCUT2D eigenvalue weighted by Crippen LogP contribution is 2.44. The van der Waals surface area contributed by atoms with Crippen molar-refractivity contribution < 1.29 is 14.3 Å². The van der Waals surface area contributed by atoms with Gasteiger partial charge in [-0.1, -0.05) is 6.08 Å². The van der Waals surface area contributed by atoms with Crippen LogP contribution in [0.15, 0.2) is 12.7 Å². The van der Waals surface area contributed by atoms with Crippen molar-refractivity contribution >= 4 is 6.09 Å². The fourth-order valence-corrected chi connectivity index (χ4v) is 3.29. The number of fused-ring (bicyclic) bond motifs is 2. The van der Waals surface area contributed by atoms with Crippen LogP contribution in [-0.4, -0.2) is 41.9 Å². The Labute approximate surface area is 126 Å². The van der Waals surface area contributed by atoms with Gasteiger partial charge in [-0.05, 0) is 33.6 Å². The van der Waals surface area contributed by atoms with Gasteiger partial charge >= 0.3 is 6.09 Å². The number of nitriles is 1. The van der Waals surface area contributed by atoms with Gasteiger partial charge in [-0.2, -0.15) is 5.26 Å². The van der Waals surface area contributed by atoms with E-state index < -0.39 is 5.60 Å². The number of allylic oxidation sites excluding steroid dienone is 1. The second-order valence-electron chi connectivity index (χ2n) is 7.04. The lowest BCUT2D eigenvalue weighted by Crippen LogP contribution is -2.61. The molecule has 1 unspecified atom stereocenters. The lowest BCUT2D eigenvalue weighted by molar-refractivity contribution is -0.100. The summed E-state index contributed by atoms with van der Waals surface area (Å²) in [4.78, 5) is 14.3. The highest BCUT2D eigenvalue weighted by molar-refractivity contribution is 5.69. The van der Waals surface area contributed by atoms with Crippen LogP contribution in [0.1, 0.15) is 40.0 Å². The summed E-state index contributed by atoms with van der Waals surface area (Å²) in [5.41, 5.74) is -0.724. The van der Waals surface area contributed by atoms with E-state index in [0.717, 1.165) is 0 Å². The minimum Gasteiger partial charge on any atom is -0.444 e. The van der Waals surface area contributed by atoms with E-state index in [1.54, 1.807) is 0 Å². The maximum atomic E-state index is 12.4. The fraction of sp³-hybridized carbons (Fsp3) is 0.750. The molecule has 0 aliphatic carbocycles. The molecule has 0 radical (unpaired) electrons. The molecule has 3 atom stereocenters. The minimum absolute atomic E-state index is 0.0429. The number of ether oxygens (including phenoxy) is 2. The number of morpholine rings is 1. The smallest absolute Gasteiger partial charge is 0.410 e. The van der Waals surface area contributed by atoms with E-state index in [4.69, 9.17) is 14.7 Å². The molecule has 0 N–H and O–H groups in total. The third-order valence-corrected chi connectivity index (χ3v) is 4.16. The van der Waals surface area contributed by atoms with Gasteiger partial charge in [0.25, 0.3) is 0 Å². The van der Waals surface area contributed by atoms with Gasteiger partial charge in [0.2, 0.25) is 0 Å². The maximum Gasteiger partial charge on any atom is 0.410 e. The molecule has 2 saturated heterocycles. The first kappa shape index (κ1) is 15.8. The van der Waals surface area contributed by atoms with Crippen molar-refractivity contribution in [3.8, 4) is 6.07 Å². The standard InChI is InChI=1S/C16H24N2O3/c1-5-16(6-7-17)8-12-10-20-11-13(9-16)18(12)14(19)21-15(2,3)4/h5,12-13H,1,6,8-11H2,2-4H3/t12-,13+,16?. The number of carbonyl (C=O) groups excluding carboxylic acids is 1. The number of hydrogen-bond acceptors (Lipinski definition) is 4. The molecule has 2 heterocycles. The van der Waals surface area contributed by atoms with Crippen LogP contribution >= 0.6 is 0 Å². The van der Waals surface area contributed by atoms with E-state index in [0.29, 0.717) is 32.5 Å². The Balaban J connectivity index is 2.18. The van der Waals surface area contributed by atoms with Crippen LogP contribution in [0.5, 0.6) is 0 Å². The normalized spacial score (nSPS) is 32.2. The van der Waals surface area contributed by atoms with Crippen LogP contribution in [-0.2, 0) is 9.47 Å². The predicted octanol–water partition coefficient (Wildman–Crippen LogP) is 2.87. The predicted molar refractivity (Wildman–Crippen MR) is 78.6 cm³/mol. The average Bonchev–Trinajstić information content (AvgIpc) is 2.35. The highest BCUT2D eigenvalue weighted by Gasteiger charge is 2.48. The Hall–Kier alpha value is -1.54. The first-order valence-electron chi connectivity index (χ1n) is 7.40. The summed E-state index contributed by atoms with van der Waals surface area (Å²) >= 11 is 0. The molecule has 2 aliphatic heterocycles. The third-order valence-electron chi connectivity index (χ3n) is 4.16. The molecule has 5 nitrogen and oxygen atoms in total. The number of hydrogen-bond donors (Lipinski definition) is 0. The molecule has 2 aliphatic rings. The van der Waals surface area contributed by atoms with Gasteiger partial charge in [0, 0.05) is 11.8 Å². The molecule has 1 amide bonds. The number of carbonyl (C=O) groups is 1. The molecule has 0 aromatic heterocycles. The molecule has 0 aromatic rings. The zero-order chi connectivity index (χ0) is 15.7. The largest absolute Gasteiger partial charge is 0.444 e. The molecule has 2 fully saturated rings. The van der Waals surface area contributed by atoms with E-state index in [-0.39, 0.29) is 23.6 Å². The molecular formula is C16H24N2O3. The summed E-state index contributed by atoms with van der Waals surface area (Å²) in [6, 6.07) is 2.17. The molecule has 0 saturated carbocycles. The van der Waals surface area contributed by atoms with Crippen molar-refractivity contribution in [1.82, 2.24) is 4.90 Å². The topological polar surface area (TPSA) is 62.6 Å². The summed E-state index contributed by atoms with van der Waals surface area (Å²) in [6.07, 6.45) is 3.45. The molecular weight excluding hydrogens is 268 g/mol. The van der Waals surface area contributed by atoms with Crippen molar-refractivity contribution in [2.75, 3.05) is 13.2 Å². The average molecular weight is 292 g/mol. The van der Waals surface area contributed by atoms with E-state index in [1.807, 2.05) is 31.7 Å². The van der Waals surface area contributed by atoms with E-state index >= 15 is 0 Å². The molecule has 5 heteroatoms. The monoisotopic (exact) mass is 292 g/mol. The fourth-order valence-electron chi connectivity index (χ4n) is 3.29. The highest BCUT2D eigenvalue weighted by atomic mass is 16.6. The van der Waals surface area contributed by atoms with Gasteiger partial charge in [-0.25, -0.2) is 4.79 Å². The lowest BCUT2D eigenvalue weighted by atomic mass is 9.70. The van der Waals surface area contributed by atoms with Crippen LogP contribution in [0.4, 0.5) is 4.79 Å². The van der Waals surface area contributed by atoms with E-state index in [1.165, 1.54) is 0 Å². The molecule has 0 spiro atoms. The summed E-state index contributed by atoms with van der Waals surface area (Å²) in [6.45, 7) is 10.5. The Kier molecular flexibility index (Phi) is 4.29. The molecule has 0 aromatic carbocycles. The van der Waals surface area contributed by atoms with Crippen molar-refractivity contribution in [2.45, 2.75) is 57.7 Å². The van der Waals surface area contributed by atoms with E-state index in [2.05, 4.69) is 12.6 Å². The minimum atomic E-state index is -0.508. The number of amides is 1. The summed E-state index contributed by atoms with van der Waals surface area (Å²) in [5.74, 6) is 0. The van der Waals surface area contributed by atoms with Crippen LogP contribution in [0, 0.1) is 16.7 Å². The quantitative estimate of drug-likeness (QED) is 0.734. The Bertz CT molecular complexity index is 447. The number of nitrogens with zero attached hydrogens (tertiary/aromatic N) is 2. The van der Waals surface area contributed by atoms with Gasteiger partial charge < -0.3 is 9.47 Å². The van der Waals surface area contributed by atoms with Crippen molar-refractivity contribution in [2.24, 2.45) is 5.41 Å². The first-order valence-corrected chi connectivity index (χ1v) is 7.40. The zero-order valence-electron chi connectivity index (χ0n) is 13.1. The number of piperidine rings is 1.